The number of benzene rings is 2. The molecule has 11 heteroatoms. The van der Waals surface area contributed by atoms with Crippen molar-refractivity contribution in [2.45, 2.75) is 23.8 Å². The molecule has 1 N–H and O–H groups in total. The Labute approximate surface area is 182 Å². The van der Waals surface area contributed by atoms with Crippen LogP contribution in [0.25, 0.3) is 10.6 Å². The van der Waals surface area contributed by atoms with E-state index in [9.17, 15) is 17.6 Å². The Balaban J connectivity index is 1.49. The van der Waals surface area contributed by atoms with Crippen LogP contribution in [0.4, 0.5) is 9.52 Å². The second-order valence-corrected chi connectivity index (χ2v) is 9.73. The number of ether oxygens (including phenoxy) is 1. The zero-order valence-corrected chi connectivity index (χ0v) is 18.1. The fourth-order valence-electron chi connectivity index (χ4n) is 3.34. The van der Waals surface area contributed by atoms with Gasteiger partial charge in [0, 0.05) is 12.1 Å². The van der Waals surface area contributed by atoms with Gasteiger partial charge in [-0.05, 0) is 61.4 Å². The highest BCUT2D eigenvalue weighted by Gasteiger charge is 2.39. The number of anilines is 1. The lowest BCUT2D eigenvalue weighted by atomic mass is 10.2. The minimum absolute atomic E-state index is 0.0497. The number of sulfonamides is 1. The molecule has 0 aliphatic carbocycles. The van der Waals surface area contributed by atoms with E-state index in [1.807, 2.05) is 12.1 Å². The van der Waals surface area contributed by atoms with Crippen molar-refractivity contribution in [3.8, 4) is 16.3 Å². The Hall–Kier alpha value is -2.89. The second kappa shape index (κ2) is 8.69. The van der Waals surface area contributed by atoms with Crippen LogP contribution in [0.15, 0.2) is 53.4 Å². The molecule has 0 radical (unpaired) electrons. The summed E-state index contributed by atoms with van der Waals surface area (Å²) in [4.78, 5) is 12.8. The summed E-state index contributed by atoms with van der Waals surface area (Å²) in [5.41, 5.74) is 0.820. The van der Waals surface area contributed by atoms with Gasteiger partial charge in [-0.25, -0.2) is 12.8 Å². The highest BCUT2D eigenvalue weighted by atomic mass is 32.2. The van der Waals surface area contributed by atoms with E-state index in [0.717, 1.165) is 22.0 Å². The van der Waals surface area contributed by atoms with Crippen LogP contribution < -0.4 is 10.1 Å². The number of hydrogen-bond donors (Lipinski definition) is 1. The standard InChI is InChI=1S/C20H19FN4O4S2/c1-29-15-8-4-13(5-9-15)19-23-24-20(30-19)22-18(26)17-3-2-12-25(17)31(27,28)16-10-6-14(21)7-11-16/h4-11,17H,2-3,12H2,1H3,(H,22,24,26). The van der Waals surface area contributed by atoms with Crippen LogP contribution in [0.5, 0.6) is 5.75 Å². The number of carbonyl (C=O) groups is 1. The van der Waals surface area contributed by atoms with Crippen LogP contribution in [0, 0.1) is 5.82 Å². The van der Waals surface area contributed by atoms with Crippen molar-refractivity contribution >= 4 is 32.4 Å². The van der Waals surface area contributed by atoms with Crippen LogP contribution in [-0.2, 0) is 14.8 Å². The first-order chi connectivity index (χ1) is 14.9. The maximum absolute atomic E-state index is 13.2. The van der Waals surface area contributed by atoms with Crippen LogP contribution in [0.3, 0.4) is 0 Å². The number of rotatable bonds is 6. The van der Waals surface area contributed by atoms with Gasteiger partial charge >= 0.3 is 0 Å². The molecule has 162 valence electrons. The van der Waals surface area contributed by atoms with Crippen molar-refractivity contribution in [1.82, 2.24) is 14.5 Å². The average molecular weight is 463 g/mol. The number of hydrogen-bond acceptors (Lipinski definition) is 7. The lowest BCUT2D eigenvalue weighted by Crippen LogP contribution is -2.43. The highest BCUT2D eigenvalue weighted by Crippen LogP contribution is 2.30. The van der Waals surface area contributed by atoms with E-state index < -0.39 is 27.8 Å². The van der Waals surface area contributed by atoms with E-state index in [1.54, 1.807) is 19.2 Å². The van der Waals surface area contributed by atoms with Gasteiger partial charge in [0.1, 0.15) is 22.6 Å². The third-order valence-electron chi connectivity index (χ3n) is 4.92. The fourth-order valence-corrected chi connectivity index (χ4v) is 5.75. The van der Waals surface area contributed by atoms with Gasteiger partial charge in [0.05, 0.1) is 12.0 Å². The Morgan fingerprint density at radius 3 is 2.55 bits per heavy atom. The SMILES string of the molecule is COc1ccc(-c2nnc(NC(=O)C3CCCN3S(=O)(=O)c3ccc(F)cc3)s2)cc1. The predicted octanol–water partition coefficient (Wildman–Crippen LogP) is 3.14. The van der Waals surface area contributed by atoms with Crippen molar-refractivity contribution < 1.29 is 22.3 Å². The second-order valence-electron chi connectivity index (χ2n) is 6.86. The van der Waals surface area contributed by atoms with Crippen molar-refractivity contribution in [2.75, 3.05) is 19.0 Å². The summed E-state index contributed by atoms with van der Waals surface area (Å²) in [6, 6.07) is 11.0. The molecule has 1 atom stereocenters. The zero-order valence-electron chi connectivity index (χ0n) is 16.5. The Bertz CT molecular complexity index is 1180. The lowest BCUT2D eigenvalue weighted by molar-refractivity contribution is -0.119. The molecule has 1 saturated heterocycles. The summed E-state index contributed by atoms with van der Waals surface area (Å²) in [5.74, 6) is -0.287. The normalized spacial score (nSPS) is 16.9. The molecule has 0 spiro atoms. The number of carbonyl (C=O) groups excluding carboxylic acids is 1. The van der Waals surface area contributed by atoms with Gasteiger partial charge < -0.3 is 4.74 Å². The summed E-state index contributed by atoms with van der Waals surface area (Å²) in [6.07, 6.45) is 0.933. The van der Waals surface area contributed by atoms with Crippen molar-refractivity contribution in [2.24, 2.45) is 0 Å². The van der Waals surface area contributed by atoms with E-state index in [0.29, 0.717) is 23.6 Å². The van der Waals surface area contributed by atoms with Gasteiger partial charge in [0.2, 0.25) is 21.1 Å². The monoisotopic (exact) mass is 462 g/mol. The molecule has 1 aliphatic rings. The van der Waals surface area contributed by atoms with Gasteiger partial charge in [0.25, 0.3) is 0 Å². The van der Waals surface area contributed by atoms with Crippen LogP contribution in [-0.4, -0.2) is 48.5 Å². The van der Waals surface area contributed by atoms with Gasteiger partial charge in [-0.15, -0.1) is 10.2 Å². The summed E-state index contributed by atoms with van der Waals surface area (Å²) in [7, 11) is -2.35. The molecule has 31 heavy (non-hydrogen) atoms. The van der Waals surface area contributed by atoms with Gasteiger partial charge in [-0.1, -0.05) is 11.3 Å². The molecule has 2 heterocycles. The third-order valence-corrected chi connectivity index (χ3v) is 7.73. The molecule has 1 unspecified atom stereocenters. The molecule has 2 aromatic carbocycles. The largest absolute Gasteiger partial charge is 0.497 e. The lowest BCUT2D eigenvalue weighted by Gasteiger charge is -2.22. The van der Waals surface area contributed by atoms with E-state index in [4.69, 9.17) is 4.74 Å². The van der Waals surface area contributed by atoms with Gasteiger partial charge in [-0.3, -0.25) is 10.1 Å². The predicted molar refractivity (Wildman–Crippen MR) is 114 cm³/mol. The summed E-state index contributed by atoms with van der Waals surface area (Å²) >= 11 is 1.19. The molecule has 3 aromatic rings. The maximum Gasteiger partial charge on any atom is 0.244 e. The molecule has 0 bridgehead atoms. The van der Waals surface area contributed by atoms with Crippen LogP contribution in [0.2, 0.25) is 0 Å². The number of nitrogens with zero attached hydrogens (tertiary/aromatic N) is 3. The average Bonchev–Trinajstić information content (AvgIpc) is 3.44. The molecule has 0 saturated carbocycles. The van der Waals surface area contributed by atoms with Crippen molar-refractivity contribution in [3.05, 3.63) is 54.3 Å². The number of methoxy groups -OCH3 is 1. The van der Waals surface area contributed by atoms with Crippen LogP contribution >= 0.6 is 11.3 Å². The molecule has 1 amide bonds. The minimum Gasteiger partial charge on any atom is -0.497 e. The third kappa shape index (κ3) is 4.43. The first-order valence-corrected chi connectivity index (χ1v) is 11.7. The molecular weight excluding hydrogens is 443 g/mol. The first kappa shape index (κ1) is 21.3. The quantitative estimate of drug-likeness (QED) is 0.604. The first-order valence-electron chi connectivity index (χ1n) is 9.45. The number of amides is 1. The zero-order chi connectivity index (χ0) is 22.0. The van der Waals surface area contributed by atoms with E-state index in [-0.39, 0.29) is 16.6 Å². The number of halogens is 1. The Kier molecular flexibility index (Phi) is 5.99. The fraction of sp³-hybridized carbons (Fsp3) is 0.250. The summed E-state index contributed by atoms with van der Waals surface area (Å²) in [6.45, 7) is 0.213. The maximum atomic E-state index is 13.2. The summed E-state index contributed by atoms with van der Waals surface area (Å²) in [5, 5.41) is 11.7. The van der Waals surface area contributed by atoms with E-state index >= 15 is 0 Å². The topological polar surface area (TPSA) is 101 Å². The molecule has 4 rings (SSSR count). The molecular formula is C20H19FN4O4S2. The summed E-state index contributed by atoms with van der Waals surface area (Å²) < 4.78 is 45.3. The number of nitrogens with one attached hydrogen (secondary N) is 1. The molecule has 1 aliphatic heterocycles. The van der Waals surface area contributed by atoms with Crippen molar-refractivity contribution in [1.29, 1.82) is 0 Å². The van der Waals surface area contributed by atoms with E-state index in [2.05, 4.69) is 15.5 Å². The molecule has 1 aromatic heterocycles. The van der Waals surface area contributed by atoms with Gasteiger partial charge in [0.15, 0.2) is 0 Å². The van der Waals surface area contributed by atoms with Crippen LogP contribution in [0.1, 0.15) is 12.8 Å². The smallest absolute Gasteiger partial charge is 0.244 e. The molecule has 8 nitrogen and oxygen atoms in total. The number of aromatic nitrogens is 2. The highest BCUT2D eigenvalue weighted by molar-refractivity contribution is 7.89. The Morgan fingerprint density at radius 1 is 1.16 bits per heavy atom. The van der Waals surface area contributed by atoms with Crippen molar-refractivity contribution in [3.63, 3.8) is 0 Å². The minimum atomic E-state index is -3.93. The van der Waals surface area contributed by atoms with E-state index in [1.165, 1.54) is 23.5 Å². The Morgan fingerprint density at radius 2 is 1.87 bits per heavy atom. The van der Waals surface area contributed by atoms with Gasteiger partial charge in [-0.2, -0.15) is 4.31 Å². The molecule has 1 fully saturated rings.